The third kappa shape index (κ3) is 4.95. The van der Waals surface area contributed by atoms with Crippen LogP contribution in [0, 0.1) is 19.3 Å². The van der Waals surface area contributed by atoms with E-state index in [-0.39, 0.29) is 11.8 Å². The van der Waals surface area contributed by atoms with Gasteiger partial charge < -0.3 is 20.3 Å². The molecule has 1 saturated heterocycles. The van der Waals surface area contributed by atoms with Crippen molar-refractivity contribution in [2.45, 2.75) is 27.7 Å². The number of nitrogens with one attached hydrogen (secondary N) is 2. The van der Waals surface area contributed by atoms with Crippen molar-refractivity contribution in [3.8, 4) is 0 Å². The summed E-state index contributed by atoms with van der Waals surface area (Å²) < 4.78 is 5.42. The zero-order valence-corrected chi connectivity index (χ0v) is 17.5. The Morgan fingerprint density at radius 3 is 2.17 bits per heavy atom. The number of hydrogen-bond donors (Lipinski definition) is 2. The summed E-state index contributed by atoms with van der Waals surface area (Å²) in [5.74, 6) is -0.691. The van der Waals surface area contributed by atoms with Crippen molar-refractivity contribution < 1.29 is 14.3 Å². The standard InChI is InChI=1S/C23H29N3O3/c1-16-13-17(2)15-18(14-16)24-21(27)23(3,4)22(28)25-19-7-5-6-8-20(19)26-9-11-29-12-10-26/h5-8,13-15H,9-12H2,1-4H3,(H,24,27)(H,25,28). The highest BCUT2D eigenvalue weighted by atomic mass is 16.5. The minimum absolute atomic E-state index is 0.344. The predicted molar refractivity (Wildman–Crippen MR) is 116 cm³/mol. The molecule has 6 nitrogen and oxygen atoms in total. The van der Waals surface area contributed by atoms with Crippen LogP contribution in [0.2, 0.25) is 0 Å². The van der Waals surface area contributed by atoms with E-state index in [1.54, 1.807) is 13.8 Å². The Bertz CT molecular complexity index is 882. The van der Waals surface area contributed by atoms with Crippen LogP contribution in [0.4, 0.5) is 17.1 Å². The lowest BCUT2D eigenvalue weighted by molar-refractivity contribution is -0.135. The summed E-state index contributed by atoms with van der Waals surface area (Å²) in [5, 5.41) is 5.84. The Morgan fingerprint density at radius 1 is 0.931 bits per heavy atom. The van der Waals surface area contributed by atoms with Crippen LogP contribution in [0.15, 0.2) is 42.5 Å². The topological polar surface area (TPSA) is 70.7 Å². The van der Waals surface area contributed by atoms with E-state index in [0.29, 0.717) is 24.6 Å². The molecule has 1 aliphatic rings. The van der Waals surface area contributed by atoms with Crippen LogP contribution in [0.5, 0.6) is 0 Å². The number of carbonyl (C=O) groups is 2. The first kappa shape index (κ1) is 20.9. The number of hydrogen-bond acceptors (Lipinski definition) is 4. The van der Waals surface area contributed by atoms with Gasteiger partial charge in [-0.15, -0.1) is 0 Å². The Kier molecular flexibility index (Phi) is 6.23. The second-order valence-electron chi connectivity index (χ2n) is 8.03. The van der Waals surface area contributed by atoms with Crippen LogP contribution >= 0.6 is 0 Å². The van der Waals surface area contributed by atoms with Gasteiger partial charge in [-0.2, -0.15) is 0 Å². The van der Waals surface area contributed by atoms with E-state index in [0.717, 1.165) is 29.9 Å². The molecule has 0 radical (unpaired) electrons. The van der Waals surface area contributed by atoms with Crippen LogP contribution < -0.4 is 15.5 Å². The number of ether oxygens (including phenoxy) is 1. The molecule has 2 aromatic rings. The number of rotatable bonds is 5. The SMILES string of the molecule is Cc1cc(C)cc(NC(=O)C(C)(C)C(=O)Nc2ccccc2N2CCOCC2)c1. The quantitative estimate of drug-likeness (QED) is 0.757. The Balaban J connectivity index is 1.74. The second kappa shape index (κ2) is 8.66. The Labute approximate surface area is 172 Å². The van der Waals surface area contributed by atoms with E-state index in [2.05, 4.69) is 15.5 Å². The van der Waals surface area contributed by atoms with E-state index in [9.17, 15) is 9.59 Å². The van der Waals surface area contributed by atoms with Crippen LogP contribution in [0.3, 0.4) is 0 Å². The van der Waals surface area contributed by atoms with Crippen LogP contribution in [0.1, 0.15) is 25.0 Å². The fourth-order valence-corrected chi connectivity index (χ4v) is 3.38. The van der Waals surface area contributed by atoms with Gasteiger partial charge in [-0.1, -0.05) is 18.2 Å². The minimum atomic E-state index is -1.24. The van der Waals surface area contributed by atoms with Crippen LogP contribution in [-0.4, -0.2) is 38.1 Å². The van der Waals surface area contributed by atoms with E-state index >= 15 is 0 Å². The molecule has 154 valence electrons. The van der Waals surface area contributed by atoms with Crippen LogP contribution in [0.25, 0.3) is 0 Å². The third-order valence-corrected chi connectivity index (χ3v) is 5.12. The normalized spacial score (nSPS) is 14.4. The maximum atomic E-state index is 13.0. The molecule has 1 fully saturated rings. The number of aryl methyl sites for hydroxylation is 2. The van der Waals surface area contributed by atoms with E-state index in [4.69, 9.17) is 4.74 Å². The first-order valence-electron chi connectivity index (χ1n) is 9.90. The van der Waals surface area contributed by atoms with Crippen molar-refractivity contribution in [3.05, 3.63) is 53.6 Å². The Hall–Kier alpha value is -2.86. The molecule has 1 aliphatic heterocycles. The zero-order chi connectivity index (χ0) is 21.0. The summed E-state index contributed by atoms with van der Waals surface area (Å²) in [4.78, 5) is 28.1. The first-order chi connectivity index (χ1) is 13.8. The van der Waals surface area contributed by atoms with Gasteiger partial charge in [0.25, 0.3) is 0 Å². The van der Waals surface area contributed by atoms with Gasteiger partial charge in [-0.25, -0.2) is 0 Å². The molecule has 6 heteroatoms. The summed E-state index contributed by atoms with van der Waals surface area (Å²) in [6.07, 6.45) is 0. The number of para-hydroxylation sites is 2. The zero-order valence-electron chi connectivity index (χ0n) is 17.5. The van der Waals surface area contributed by atoms with Gasteiger partial charge in [0.15, 0.2) is 0 Å². The number of nitrogens with zero attached hydrogens (tertiary/aromatic N) is 1. The van der Waals surface area contributed by atoms with Gasteiger partial charge in [0.1, 0.15) is 5.41 Å². The van der Waals surface area contributed by atoms with E-state index in [1.807, 2.05) is 56.3 Å². The van der Waals surface area contributed by atoms with Crippen molar-refractivity contribution in [1.29, 1.82) is 0 Å². The molecule has 0 unspecified atom stereocenters. The van der Waals surface area contributed by atoms with Gasteiger partial charge in [-0.05, 0) is 63.1 Å². The third-order valence-electron chi connectivity index (χ3n) is 5.12. The van der Waals surface area contributed by atoms with Crippen molar-refractivity contribution >= 4 is 28.9 Å². The van der Waals surface area contributed by atoms with Gasteiger partial charge >= 0.3 is 0 Å². The minimum Gasteiger partial charge on any atom is -0.378 e. The second-order valence-corrected chi connectivity index (χ2v) is 8.03. The highest BCUT2D eigenvalue weighted by Crippen LogP contribution is 2.29. The molecular formula is C23H29N3O3. The highest BCUT2D eigenvalue weighted by molar-refractivity contribution is 6.14. The molecule has 1 heterocycles. The molecule has 2 amide bonds. The van der Waals surface area contributed by atoms with E-state index in [1.165, 1.54) is 0 Å². The molecule has 0 atom stereocenters. The first-order valence-corrected chi connectivity index (χ1v) is 9.90. The monoisotopic (exact) mass is 395 g/mol. The van der Waals surface area contributed by atoms with Gasteiger partial charge in [0.2, 0.25) is 11.8 Å². The number of morpholine rings is 1. The molecule has 0 spiro atoms. The number of benzene rings is 2. The summed E-state index contributed by atoms with van der Waals surface area (Å²) in [6, 6.07) is 13.5. The maximum Gasteiger partial charge on any atom is 0.239 e. The lowest BCUT2D eigenvalue weighted by Gasteiger charge is -2.31. The van der Waals surface area contributed by atoms with Gasteiger partial charge in [-0.3, -0.25) is 9.59 Å². The summed E-state index contributed by atoms with van der Waals surface area (Å²) in [6.45, 7) is 10.1. The predicted octanol–water partition coefficient (Wildman–Crippen LogP) is 3.74. The van der Waals surface area contributed by atoms with Crippen molar-refractivity contribution in [2.24, 2.45) is 5.41 Å². The number of carbonyl (C=O) groups excluding carboxylic acids is 2. The van der Waals surface area contributed by atoms with E-state index < -0.39 is 5.41 Å². The summed E-state index contributed by atoms with van der Waals surface area (Å²) >= 11 is 0. The van der Waals surface area contributed by atoms with Gasteiger partial charge in [0, 0.05) is 18.8 Å². The summed E-state index contributed by atoms with van der Waals surface area (Å²) in [5.41, 5.74) is 3.21. The maximum absolute atomic E-state index is 13.0. The molecule has 0 aliphatic carbocycles. The summed E-state index contributed by atoms with van der Waals surface area (Å²) in [7, 11) is 0. The van der Waals surface area contributed by atoms with Crippen molar-refractivity contribution in [3.63, 3.8) is 0 Å². The van der Waals surface area contributed by atoms with Crippen molar-refractivity contribution in [2.75, 3.05) is 41.8 Å². The van der Waals surface area contributed by atoms with Crippen LogP contribution in [-0.2, 0) is 14.3 Å². The molecular weight excluding hydrogens is 366 g/mol. The molecule has 0 bridgehead atoms. The van der Waals surface area contributed by atoms with Crippen molar-refractivity contribution in [1.82, 2.24) is 0 Å². The number of amides is 2. The Morgan fingerprint density at radius 2 is 1.52 bits per heavy atom. The molecule has 2 aromatic carbocycles. The average molecular weight is 396 g/mol. The smallest absolute Gasteiger partial charge is 0.239 e. The number of anilines is 3. The molecule has 0 saturated carbocycles. The fourth-order valence-electron chi connectivity index (χ4n) is 3.38. The van der Waals surface area contributed by atoms with Gasteiger partial charge in [0.05, 0.1) is 24.6 Å². The largest absolute Gasteiger partial charge is 0.378 e. The molecule has 2 N–H and O–H groups in total. The average Bonchev–Trinajstić information content (AvgIpc) is 2.68. The highest BCUT2D eigenvalue weighted by Gasteiger charge is 2.36. The molecule has 29 heavy (non-hydrogen) atoms. The molecule has 0 aromatic heterocycles. The molecule has 3 rings (SSSR count). The lowest BCUT2D eigenvalue weighted by Crippen LogP contribution is -2.42. The lowest BCUT2D eigenvalue weighted by atomic mass is 9.90. The fraction of sp³-hybridized carbons (Fsp3) is 0.391.